The first kappa shape index (κ1) is 16.4. The van der Waals surface area contributed by atoms with Crippen molar-refractivity contribution in [2.45, 2.75) is 46.0 Å². The predicted octanol–water partition coefficient (Wildman–Crippen LogP) is 3.75. The highest BCUT2D eigenvalue weighted by Crippen LogP contribution is 2.29. The molecule has 0 aromatic carbocycles. The summed E-state index contributed by atoms with van der Waals surface area (Å²) in [5.41, 5.74) is 2.29. The first-order valence-corrected chi connectivity index (χ1v) is 8.90. The Morgan fingerprint density at radius 1 is 1.24 bits per heavy atom. The molecule has 1 aromatic rings. The Hall–Kier alpha value is -0.940. The minimum atomic E-state index is 0.743. The minimum Gasteiger partial charge on any atom is -0.475 e. The summed E-state index contributed by atoms with van der Waals surface area (Å²) in [7, 11) is 2.32. The highest BCUT2D eigenvalue weighted by Gasteiger charge is 2.28. The largest absolute Gasteiger partial charge is 0.475 e. The van der Waals surface area contributed by atoms with Gasteiger partial charge in [0.05, 0.1) is 38.5 Å². The fourth-order valence-electron chi connectivity index (χ4n) is 2.72. The van der Waals surface area contributed by atoms with Crippen LogP contribution in [0.25, 0.3) is 5.57 Å². The summed E-state index contributed by atoms with van der Waals surface area (Å²) in [6, 6.07) is 0. The van der Waals surface area contributed by atoms with Crippen LogP contribution in [0.1, 0.15) is 51.6 Å². The average molecular weight is 310 g/mol. The zero-order valence-electron chi connectivity index (χ0n) is 13.6. The van der Waals surface area contributed by atoms with Crippen LogP contribution in [0, 0.1) is 0 Å². The van der Waals surface area contributed by atoms with E-state index in [9.17, 15) is 0 Å². The molecule has 1 aromatic heterocycles. The van der Waals surface area contributed by atoms with Crippen molar-refractivity contribution in [3.05, 3.63) is 11.8 Å². The minimum absolute atomic E-state index is 0.743. The Kier molecular flexibility index (Phi) is 6.18. The second-order valence-electron chi connectivity index (χ2n) is 6.16. The van der Waals surface area contributed by atoms with E-state index in [4.69, 9.17) is 4.74 Å². The molecule has 1 aliphatic heterocycles. The number of hydrogen-bond donors (Lipinski definition) is 0. The van der Waals surface area contributed by atoms with E-state index in [-0.39, 0.29) is 0 Å². The molecule has 0 spiro atoms. The van der Waals surface area contributed by atoms with Gasteiger partial charge >= 0.3 is 0 Å². The molecule has 118 valence electrons. The number of aromatic nitrogens is 2. The summed E-state index contributed by atoms with van der Waals surface area (Å²) < 4.78 is 15.8. The molecule has 1 atom stereocenters. The molecular formula is C16H28N3OS+. The van der Waals surface area contributed by atoms with Gasteiger partial charge in [0.2, 0.25) is 0 Å². The quantitative estimate of drug-likeness (QED) is 0.542. The maximum atomic E-state index is 5.87. The molecule has 2 heterocycles. The molecule has 21 heavy (non-hydrogen) atoms. The summed E-state index contributed by atoms with van der Waals surface area (Å²) in [5.74, 6) is 0.743. The zero-order valence-corrected chi connectivity index (χ0v) is 14.4. The van der Waals surface area contributed by atoms with Gasteiger partial charge < -0.3 is 9.22 Å². The highest BCUT2D eigenvalue weighted by molar-refractivity contribution is 6.99. The van der Waals surface area contributed by atoms with Crippen LogP contribution < -0.4 is 4.74 Å². The van der Waals surface area contributed by atoms with Crippen LogP contribution in [0.5, 0.6) is 5.88 Å². The number of ether oxygens (including phenoxy) is 1. The molecule has 1 aliphatic rings. The lowest BCUT2D eigenvalue weighted by Crippen LogP contribution is -2.47. The fraction of sp³-hybridized carbons (Fsp3) is 0.750. The van der Waals surface area contributed by atoms with Crippen molar-refractivity contribution in [1.82, 2.24) is 8.75 Å². The second-order valence-corrected chi connectivity index (χ2v) is 6.69. The van der Waals surface area contributed by atoms with E-state index in [1.807, 2.05) is 0 Å². The Balaban J connectivity index is 1.95. The molecule has 0 amide bonds. The van der Waals surface area contributed by atoms with Crippen molar-refractivity contribution < 1.29 is 9.22 Å². The number of quaternary nitrogens is 1. The number of rotatable bonds is 8. The Morgan fingerprint density at radius 3 is 2.86 bits per heavy atom. The van der Waals surface area contributed by atoms with E-state index in [0.717, 1.165) is 48.6 Å². The maximum Gasteiger partial charge on any atom is 0.253 e. The molecule has 0 saturated heterocycles. The lowest BCUT2D eigenvalue weighted by Gasteiger charge is -2.36. The first-order chi connectivity index (χ1) is 10.2. The van der Waals surface area contributed by atoms with Gasteiger partial charge in [-0.3, -0.25) is 0 Å². The molecule has 4 nitrogen and oxygen atoms in total. The van der Waals surface area contributed by atoms with Gasteiger partial charge in [-0.1, -0.05) is 32.3 Å². The Morgan fingerprint density at radius 2 is 2.10 bits per heavy atom. The van der Waals surface area contributed by atoms with Crippen molar-refractivity contribution in [3.8, 4) is 5.88 Å². The van der Waals surface area contributed by atoms with Crippen molar-refractivity contribution in [3.63, 3.8) is 0 Å². The van der Waals surface area contributed by atoms with Crippen LogP contribution in [0.15, 0.2) is 6.08 Å². The smallest absolute Gasteiger partial charge is 0.253 e. The number of likely N-dealkylation sites (N-methyl/N-ethyl adjacent to an activating group) is 1. The normalized spacial score (nSPS) is 22.1. The molecule has 2 rings (SSSR count). The van der Waals surface area contributed by atoms with Gasteiger partial charge in [0.25, 0.3) is 5.88 Å². The summed E-state index contributed by atoms with van der Waals surface area (Å²) in [6.45, 7) is 8.64. The monoisotopic (exact) mass is 310 g/mol. The maximum absolute atomic E-state index is 5.87. The summed E-state index contributed by atoms with van der Waals surface area (Å²) in [6.07, 6.45) is 8.31. The highest BCUT2D eigenvalue weighted by atomic mass is 32.1. The summed E-state index contributed by atoms with van der Waals surface area (Å²) >= 11 is 1.26. The van der Waals surface area contributed by atoms with Crippen molar-refractivity contribution in [2.75, 3.05) is 33.3 Å². The van der Waals surface area contributed by atoms with E-state index >= 15 is 0 Å². The van der Waals surface area contributed by atoms with Crippen LogP contribution in [0.4, 0.5) is 0 Å². The van der Waals surface area contributed by atoms with E-state index in [0.29, 0.717) is 0 Å². The molecular weight excluding hydrogens is 282 g/mol. The van der Waals surface area contributed by atoms with Gasteiger partial charge in [0.15, 0.2) is 0 Å². The SMILES string of the molecule is CCCCCCOc1nsnc1C1=CCC[N+](C)(CC)C1. The van der Waals surface area contributed by atoms with Crippen LogP contribution in [0.2, 0.25) is 0 Å². The third kappa shape index (κ3) is 4.51. The predicted molar refractivity (Wildman–Crippen MR) is 88.6 cm³/mol. The number of unbranched alkanes of at least 4 members (excludes halogenated alkanes) is 3. The molecule has 0 bridgehead atoms. The van der Waals surface area contributed by atoms with Crippen molar-refractivity contribution in [2.24, 2.45) is 0 Å². The van der Waals surface area contributed by atoms with Gasteiger partial charge in [-0.15, -0.1) is 4.37 Å². The van der Waals surface area contributed by atoms with E-state index in [2.05, 4.69) is 35.7 Å². The molecule has 0 aliphatic carbocycles. The van der Waals surface area contributed by atoms with E-state index in [1.54, 1.807) is 0 Å². The molecule has 0 radical (unpaired) electrons. The van der Waals surface area contributed by atoms with Crippen LogP contribution in [0.3, 0.4) is 0 Å². The van der Waals surface area contributed by atoms with Crippen molar-refractivity contribution >= 4 is 17.3 Å². The average Bonchev–Trinajstić information content (AvgIpc) is 2.96. The standard InChI is InChI=1S/C16H28N3OS/c1-4-6-7-8-12-20-16-15(17-21-18-16)14-10-9-11-19(3,5-2)13-14/h10H,4-9,11-13H2,1-3H3/q+1. The number of hydrogen-bond acceptors (Lipinski definition) is 4. The topological polar surface area (TPSA) is 35.0 Å². The molecule has 0 fully saturated rings. The zero-order chi connectivity index (χ0) is 15.1. The molecule has 5 heteroatoms. The fourth-order valence-corrected chi connectivity index (χ4v) is 3.25. The van der Waals surface area contributed by atoms with Gasteiger partial charge in [-0.2, -0.15) is 4.37 Å². The van der Waals surface area contributed by atoms with Crippen molar-refractivity contribution in [1.29, 1.82) is 0 Å². The molecule has 0 N–H and O–H groups in total. The third-order valence-electron chi connectivity index (χ3n) is 4.37. The lowest BCUT2D eigenvalue weighted by molar-refractivity contribution is -0.901. The van der Waals surface area contributed by atoms with Gasteiger partial charge in [0, 0.05) is 12.0 Å². The van der Waals surface area contributed by atoms with E-state index < -0.39 is 0 Å². The van der Waals surface area contributed by atoms with Crippen LogP contribution in [-0.2, 0) is 0 Å². The Bertz CT molecular complexity index is 472. The van der Waals surface area contributed by atoms with Gasteiger partial charge in [-0.25, -0.2) is 0 Å². The summed E-state index contributed by atoms with van der Waals surface area (Å²) in [5, 5.41) is 0. The second kappa shape index (κ2) is 7.90. The van der Waals surface area contributed by atoms with Crippen LogP contribution >= 0.6 is 11.7 Å². The Labute approximate surface area is 132 Å². The molecule has 0 saturated carbocycles. The third-order valence-corrected chi connectivity index (χ3v) is 4.89. The lowest BCUT2D eigenvalue weighted by atomic mass is 10.0. The van der Waals surface area contributed by atoms with Gasteiger partial charge in [0.1, 0.15) is 12.2 Å². The molecule has 1 unspecified atom stereocenters. The van der Waals surface area contributed by atoms with E-state index in [1.165, 1.54) is 43.1 Å². The summed E-state index contributed by atoms with van der Waals surface area (Å²) in [4.78, 5) is 0. The first-order valence-electron chi connectivity index (χ1n) is 8.17. The number of nitrogens with zero attached hydrogens (tertiary/aromatic N) is 3. The van der Waals surface area contributed by atoms with Crippen LogP contribution in [-0.4, -0.2) is 46.5 Å². The van der Waals surface area contributed by atoms with Gasteiger partial charge in [-0.05, 0) is 13.3 Å².